The van der Waals surface area contributed by atoms with Crippen molar-refractivity contribution in [1.29, 1.82) is 0 Å². The van der Waals surface area contributed by atoms with Gasteiger partial charge in [-0.05, 0) is 19.3 Å². The lowest BCUT2D eigenvalue weighted by Gasteiger charge is -2.25. The van der Waals surface area contributed by atoms with E-state index in [0.29, 0.717) is 19.5 Å². The summed E-state index contributed by atoms with van der Waals surface area (Å²) in [6, 6.07) is 0.973. The van der Waals surface area contributed by atoms with Crippen LogP contribution in [0.2, 0.25) is 0 Å². The van der Waals surface area contributed by atoms with Crippen LogP contribution in [0.4, 0.5) is 17.1 Å². The maximum atomic E-state index is 11.9. The molecule has 0 unspecified atom stereocenters. The first-order valence-electron chi connectivity index (χ1n) is 9.26. The van der Waals surface area contributed by atoms with Crippen LogP contribution in [0.5, 0.6) is 0 Å². The fourth-order valence-corrected chi connectivity index (χ4v) is 3.06. The van der Waals surface area contributed by atoms with E-state index in [4.69, 9.17) is 0 Å². The van der Waals surface area contributed by atoms with Gasteiger partial charge in [0.1, 0.15) is 0 Å². The van der Waals surface area contributed by atoms with Crippen molar-refractivity contribution < 1.29 is 19.7 Å². The number of rotatable bonds is 12. The highest BCUT2D eigenvalue weighted by Gasteiger charge is 2.36. The lowest BCUT2D eigenvalue weighted by Crippen LogP contribution is -2.28. The topological polar surface area (TPSA) is 127 Å². The second kappa shape index (κ2) is 10.4. The fraction of sp³-hybridized carbons (Fsp3) is 0.611. The van der Waals surface area contributed by atoms with Crippen LogP contribution in [0.3, 0.4) is 0 Å². The Morgan fingerprint density at radius 1 is 1.04 bits per heavy atom. The Morgan fingerprint density at radius 2 is 1.59 bits per heavy atom. The molecule has 0 spiro atoms. The first-order valence-corrected chi connectivity index (χ1v) is 9.26. The molecule has 0 bridgehead atoms. The quantitative estimate of drug-likeness (QED) is 0.415. The number of carboxylic acids is 1. The molecule has 0 saturated heterocycles. The Bertz CT molecular complexity index is 697. The normalized spacial score (nSPS) is 10.6. The van der Waals surface area contributed by atoms with Gasteiger partial charge in [-0.25, -0.2) is 4.79 Å². The van der Waals surface area contributed by atoms with Gasteiger partial charge in [-0.2, -0.15) is 0 Å². The largest absolute Gasteiger partial charge is 0.478 e. The standard InChI is InChI=1S/C18H27N3O6/c1-4-7-10-19(11-8-5-2)17-15(20(24)25)12-14(18(22)23)13(9-6-3)16(17)21(26)27/h12H,4-11H2,1-3H3,(H,22,23). The highest BCUT2D eigenvalue weighted by atomic mass is 16.6. The number of unbranched alkanes of at least 4 members (excludes halogenated alkanes) is 2. The number of nitrogens with zero attached hydrogens (tertiary/aromatic N) is 3. The Kier molecular flexibility index (Phi) is 8.64. The Balaban J connectivity index is 3.84. The van der Waals surface area contributed by atoms with Gasteiger partial charge in [-0.1, -0.05) is 40.0 Å². The van der Waals surface area contributed by atoms with Gasteiger partial charge in [-0.3, -0.25) is 20.2 Å². The van der Waals surface area contributed by atoms with Gasteiger partial charge >= 0.3 is 17.3 Å². The average molecular weight is 381 g/mol. The molecule has 0 fully saturated rings. The molecular formula is C18H27N3O6. The fourth-order valence-electron chi connectivity index (χ4n) is 3.06. The zero-order valence-electron chi connectivity index (χ0n) is 16.1. The number of hydrogen-bond donors (Lipinski definition) is 1. The molecule has 1 aromatic carbocycles. The van der Waals surface area contributed by atoms with Crippen molar-refractivity contribution >= 4 is 23.0 Å². The number of nitro groups is 2. The van der Waals surface area contributed by atoms with Crippen LogP contribution in [0, 0.1) is 20.2 Å². The van der Waals surface area contributed by atoms with Crippen molar-refractivity contribution in [3.63, 3.8) is 0 Å². The lowest BCUT2D eigenvalue weighted by molar-refractivity contribution is -0.393. The lowest BCUT2D eigenvalue weighted by atomic mass is 9.97. The molecule has 0 aliphatic heterocycles. The maximum absolute atomic E-state index is 11.9. The third-order valence-corrected chi connectivity index (χ3v) is 4.35. The van der Waals surface area contributed by atoms with Gasteiger partial charge in [0.2, 0.25) is 0 Å². The van der Waals surface area contributed by atoms with Crippen LogP contribution in [-0.4, -0.2) is 34.0 Å². The molecule has 0 amide bonds. The molecule has 0 atom stereocenters. The first-order chi connectivity index (χ1) is 12.8. The first kappa shape index (κ1) is 22.3. The summed E-state index contributed by atoms with van der Waals surface area (Å²) < 4.78 is 0. The maximum Gasteiger partial charge on any atom is 0.336 e. The van der Waals surface area contributed by atoms with Crippen molar-refractivity contribution in [2.45, 2.75) is 59.3 Å². The summed E-state index contributed by atoms with van der Waals surface area (Å²) in [7, 11) is 0. The Labute approximate surface area is 158 Å². The third-order valence-electron chi connectivity index (χ3n) is 4.35. The van der Waals surface area contributed by atoms with E-state index in [-0.39, 0.29) is 23.2 Å². The van der Waals surface area contributed by atoms with E-state index in [9.17, 15) is 30.1 Å². The van der Waals surface area contributed by atoms with Gasteiger partial charge in [0, 0.05) is 24.7 Å². The summed E-state index contributed by atoms with van der Waals surface area (Å²) in [5, 5.41) is 33.0. The molecule has 9 nitrogen and oxygen atoms in total. The summed E-state index contributed by atoms with van der Waals surface area (Å²) in [6.07, 6.45) is 3.77. The predicted molar refractivity (Wildman–Crippen MR) is 103 cm³/mol. The molecule has 1 N–H and O–H groups in total. The van der Waals surface area contributed by atoms with Gasteiger partial charge < -0.3 is 10.0 Å². The Hall–Kier alpha value is -2.71. The van der Waals surface area contributed by atoms with Crippen LogP contribution in [-0.2, 0) is 6.42 Å². The van der Waals surface area contributed by atoms with Crippen molar-refractivity contribution in [3.8, 4) is 0 Å². The van der Waals surface area contributed by atoms with E-state index in [0.717, 1.165) is 31.7 Å². The van der Waals surface area contributed by atoms with E-state index in [1.807, 2.05) is 13.8 Å². The SMILES string of the molecule is CCCCN(CCCC)c1c([N+](=O)[O-])cc(C(=O)O)c(CCC)c1[N+](=O)[O-]. The molecule has 1 aromatic rings. The molecule has 0 heterocycles. The van der Waals surface area contributed by atoms with Crippen molar-refractivity contribution in [2.24, 2.45) is 0 Å². The van der Waals surface area contributed by atoms with E-state index in [1.54, 1.807) is 11.8 Å². The summed E-state index contributed by atoms with van der Waals surface area (Å²) in [5.41, 5.74) is -1.36. The van der Waals surface area contributed by atoms with E-state index in [2.05, 4.69) is 0 Å². The zero-order chi connectivity index (χ0) is 20.6. The summed E-state index contributed by atoms with van der Waals surface area (Å²) in [4.78, 5) is 35.4. The molecular weight excluding hydrogens is 354 g/mol. The number of carbonyl (C=O) groups is 1. The van der Waals surface area contributed by atoms with E-state index >= 15 is 0 Å². The molecule has 0 aromatic heterocycles. The third kappa shape index (κ3) is 5.38. The van der Waals surface area contributed by atoms with Gasteiger partial charge in [-0.15, -0.1) is 0 Å². The van der Waals surface area contributed by atoms with Crippen molar-refractivity contribution in [3.05, 3.63) is 37.4 Å². The number of nitro benzene ring substituents is 2. The monoisotopic (exact) mass is 381 g/mol. The van der Waals surface area contributed by atoms with E-state index in [1.165, 1.54) is 0 Å². The van der Waals surface area contributed by atoms with Gasteiger partial charge in [0.05, 0.1) is 15.4 Å². The zero-order valence-corrected chi connectivity index (χ0v) is 16.1. The molecule has 0 aliphatic rings. The number of anilines is 1. The minimum atomic E-state index is -1.40. The van der Waals surface area contributed by atoms with Gasteiger partial charge in [0.25, 0.3) is 0 Å². The second-order valence-electron chi connectivity index (χ2n) is 6.38. The predicted octanol–water partition coefficient (Wildman–Crippen LogP) is 4.56. The Morgan fingerprint density at radius 3 is 1.96 bits per heavy atom. The van der Waals surface area contributed by atoms with Crippen molar-refractivity contribution in [2.75, 3.05) is 18.0 Å². The van der Waals surface area contributed by atoms with Crippen molar-refractivity contribution in [1.82, 2.24) is 0 Å². The number of carboxylic acid groups (broad SMARTS) is 1. The average Bonchev–Trinajstić information content (AvgIpc) is 2.60. The molecule has 1 rings (SSSR count). The molecule has 0 saturated carbocycles. The highest BCUT2D eigenvalue weighted by molar-refractivity contribution is 5.95. The van der Waals surface area contributed by atoms with Crippen LogP contribution in [0.15, 0.2) is 6.07 Å². The molecule has 0 radical (unpaired) electrons. The van der Waals surface area contributed by atoms with Crippen LogP contribution < -0.4 is 4.90 Å². The van der Waals surface area contributed by atoms with Crippen LogP contribution in [0.25, 0.3) is 0 Å². The number of aromatic carboxylic acids is 1. The second-order valence-corrected chi connectivity index (χ2v) is 6.38. The summed E-state index contributed by atoms with van der Waals surface area (Å²) in [6.45, 7) is 6.60. The molecule has 150 valence electrons. The molecule has 0 aliphatic carbocycles. The number of hydrogen-bond acceptors (Lipinski definition) is 6. The smallest absolute Gasteiger partial charge is 0.336 e. The summed E-state index contributed by atoms with van der Waals surface area (Å²) >= 11 is 0. The minimum Gasteiger partial charge on any atom is -0.478 e. The van der Waals surface area contributed by atoms with Crippen LogP contribution in [0.1, 0.15) is 68.8 Å². The summed E-state index contributed by atoms with van der Waals surface area (Å²) in [5.74, 6) is -1.40. The van der Waals surface area contributed by atoms with Crippen LogP contribution >= 0.6 is 0 Å². The van der Waals surface area contributed by atoms with Gasteiger partial charge in [0.15, 0.2) is 5.69 Å². The van der Waals surface area contributed by atoms with E-state index < -0.39 is 27.2 Å². The minimum absolute atomic E-state index is 0.0496. The molecule has 27 heavy (non-hydrogen) atoms. The molecule has 9 heteroatoms. The number of benzene rings is 1. The highest BCUT2D eigenvalue weighted by Crippen LogP contribution is 2.43.